The summed E-state index contributed by atoms with van der Waals surface area (Å²) in [5.41, 5.74) is 0. The molecule has 0 amide bonds. The number of hydrogen-bond donors (Lipinski definition) is 0. The molecule has 0 saturated heterocycles. The maximum absolute atomic E-state index is 10.8. The van der Waals surface area contributed by atoms with Crippen molar-refractivity contribution in [2.24, 2.45) is 5.92 Å². The molecule has 11 heavy (non-hydrogen) atoms. The molecule has 0 aromatic rings. The average molecular weight is 152 g/mol. The van der Waals surface area contributed by atoms with Gasteiger partial charge in [-0.1, -0.05) is 0 Å². The molecule has 0 heterocycles. The van der Waals surface area contributed by atoms with E-state index in [1.54, 1.807) is 12.1 Å². The van der Waals surface area contributed by atoms with Crippen LogP contribution in [0, 0.1) is 28.6 Å². The van der Waals surface area contributed by atoms with E-state index in [2.05, 4.69) is 4.74 Å². The van der Waals surface area contributed by atoms with Crippen LogP contribution in [0.15, 0.2) is 0 Å². The standard InChI is InChI=1S/C7H8N2O2/c1-11-3-2-7(10)6(4-8)5-9/h6H,2-3H2,1H3. The smallest absolute Gasteiger partial charge is 0.191 e. The van der Waals surface area contributed by atoms with Gasteiger partial charge >= 0.3 is 0 Å². The SMILES string of the molecule is COCCC(=O)C(C#N)C#N. The van der Waals surface area contributed by atoms with Crippen molar-refractivity contribution >= 4 is 5.78 Å². The highest BCUT2D eigenvalue weighted by molar-refractivity contribution is 5.85. The fraction of sp³-hybridized carbons (Fsp3) is 0.571. The van der Waals surface area contributed by atoms with E-state index in [4.69, 9.17) is 10.5 Å². The first-order valence-electron chi connectivity index (χ1n) is 3.07. The van der Waals surface area contributed by atoms with Gasteiger partial charge in [0, 0.05) is 13.5 Å². The van der Waals surface area contributed by atoms with Crippen LogP contribution in [0.1, 0.15) is 6.42 Å². The van der Waals surface area contributed by atoms with Crippen LogP contribution >= 0.6 is 0 Å². The maximum atomic E-state index is 10.8. The lowest BCUT2D eigenvalue weighted by molar-refractivity contribution is -0.120. The minimum atomic E-state index is -1.13. The molecule has 0 aliphatic rings. The summed E-state index contributed by atoms with van der Waals surface area (Å²) in [7, 11) is 1.46. The first-order valence-corrected chi connectivity index (χ1v) is 3.07. The van der Waals surface area contributed by atoms with Crippen LogP contribution in [0.25, 0.3) is 0 Å². The van der Waals surface area contributed by atoms with Gasteiger partial charge in [-0.3, -0.25) is 4.79 Å². The lowest BCUT2D eigenvalue weighted by Gasteiger charge is -1.97. The Morgan fingerprint density at radius 1 is 1.55 bits per heavy atom. The lowest BCUT2D eigenvalue weighted by Crippen LogP contribution is -2.12. The molecule has 0 spiro atoms. The monoisotopic (exact) mass is 152 g/mol. The van der Waals surface area contributed by atoms with E-state index in [-0.39, 0.29) is 18.8 Å². The Hall–Kier alpha value is -1.39. The highest BCUT2D eigenvalue weighted by atomic mass is 16.5. The Labute approximate surface area is 65.0 Å². The molecule has 0 fully saturated rings. The molecule has 0 atom stereocenters. The molecule has 0 N–H and O–H groups in total. The Bertz CT molecular complexity index is 197. The van der Waals surface area contributed by atoms with Gasteiger partial charge in [0.2, 0.25) is 0 Å². The molecule has 0 aromatic carbocycles. The summed E-state index contributed by atoms with van der Waals surface area (Å²) in [5.74, 6) is -1.51. The minimum Gasteiger partial charge on any atom is -0.384 e. The van der Waals surface area contributed by atoms with E-state index in [0.717, 1.165) is 0 Å². The van der Waals surface area contributed by atoms with Crippen LogP contribution in [-0.4, -0.2) is 19.5 Å². The summed E-state index contributed by atoms with van der Waals surface area (Å²) in [6.07, 6.45) is 0.127. The zero-order valence-corrected chi connectivity index (χ0v) is 6.20. The van der Waals surface area contributed by atoms with Crippen LogP contribution in [-0.2, 0) is 9.53 Å². The van der Waals surface area contributed by atoms with Gasteiger partial charge in [0.15, 0.2) is 11.7 Å². The molecule has 4 heteroatoms. The number of nitrogens with zero attached hydrogens (tertiary/aromatic N) is 2. The third-order valence-electron chi connectivity index (χ3n) is 1.13. The lowest BCUT2D eigenvalue weighted by atomic mass is 10.1. The summed E-state index contributed by atoms with van der Waals surface area (Å²) < 4.78 is 4.61. The van der Waals surface area contributed by atoms with Gasteiger partial charge in [0.25, 0.3) is 0 Å². The summed E-state index contributed by atoms with van der Waals surface area (Å²) in [4.78, 5) is 10.8. The molecule has 0 bridgehead atoms. The highest BCUT2D eigenvalue weighted by Gasteiger charge is 2.15. The molecular weight excluding hydrogens is 144 g/mol. The second kappa shape index (κ2) is 5.40. The van der Waals surface area contributed by atoms with E-state index < -0.39 is 5.92 Å². The van der Waals surface area contributed by atoms with Crippen LogP contribution < -0.4 is 0 Å². The number of carbonyl (C=O) groups is 1. The van der Waals surface area contributed by atoms with Crippen molar-refractivity contribution in [3.05, 3.63) is 0 Å². The fourth-order valence-corrected chi connectivity index (χ4v) is 0.520. The highest BCUT2D eigenvalue weighted by Crippen LogP contribution is 1.98. The molecule has 0 aliphatic carbocycles. The summed E-state index contributed by atoms with van der Waals surface area (Å²) in [6.45, 7) is 0.263. The van der Waals surface area contributed by atoms with Crippen molar-refractivity contribution in [1.82, 2.24) is 0 Å². The van der Waals surface area contributed by atoms with Gasteiger partial charge in [-0.05, 0) is 0 Å². The van der Waals surface area contributed by atoms with Crippen LogP contribution in [0.4, 0.5) is 0 Å². The van der Waals surface area contributed by atoms with Gasteiger partial charge in [0.05, 0.1) is 18.7 Å². The fourth-order valence-electron chi connectivity index (χ4n) is 0.520. The predicted octanol–water partition coefficient (Wildman–Crippen LogP) is 0.255. The first-order chi connectivity index (χ1) is 5.26. The number of ketones is 1. The summed E-state index contributed by atoms with van der Waals surface area (Å²) >= 11 is 0. The van der Waals surface area contributed by atoms with Crippen LogP contribution in [0.3, 0.4) is 0 Å². The van der Waals surface area contributed by atoms with Crippen LogP contribution in [0.2, 0.25) is 0 Å². The third kappa shape index (κ3) is 3.34. The second-order valence-electron chi connectivity index (χ2n) is 1.90. The minimum absolute atomic E-state index is 0.127. The number of ether oxygens (including phenoxy) is 1. The van der Waals surface area contributed by atoms with Crippen molar-refractivity contribution in [2.75, 3.05) is 13.7 Å². The predicted molar refractivity (Wildman–Crippen MR) is 36.2 cm³/mol. The Kier molecular flexibility index (Phi) is 4.72. The quantitative estimate of drug-likeness (QED) is 0.579. The zero-order chi connectivity index (χ0) is 8.69. The number of methoxy groups -OCH3 is 1. The van der Waals surface area contributed by atoms with E-state index >= 15 is 0 Å². The molecule has 0 saturated carbocycles. The summed E-state index contributed by atoms with van der Waals surface area (Å²) in [5, 5.41) is 16.5. The average Bonchev–Trinajstić information content (AvgIpc) is 2.03. The van der Waals surface area contributed by atoms with Crippen molar-refractivity contribution in [1.29, 1.82) is 10.5 Å². The number of carbonyl (C=O) groups excluding carboxylic acids is 1. The first kappa shape index (κ1) is 9.61. The third-order valence-corrected chi connectivity index (χ3v) is 1.13. The molecule has 0 aliphatic heterocycles. The van der Waals surface area contributed by atoms with Gasteiger partial charge < -0.3 is 4.74 Å². The molecule has 0 rings (SSSR count). The number of hydrogen-bond acceptors (Lipinski definition) is 4. The van der Waals surface area contributed by atoms with Crippen LogP contribution in [0.5, 0.6) is 0 Å². The molecule has 0 aromatic heterocycles. The second-order valence-corrected chi connectivity index (χ2v) is 1.90. The maximum Gasteiger partial charge on any atom is 0.191 e. The van der Waals surface area contributed by atoms with Gasteiger partial charge in [0.1, 0.15) is 0 Å². The normalized spacial score (nSPS) is 8.73. The van der Waals surface area contributed by atoms with Gasteiger partial charge in [-0.25, -0.2) is 0 Å². The molecule has 0 unspecified atom stereocenters. The Morgan fingerprint density at radius 2 is 2.09 bits per heavy atom. The van der Waals surface area contributed by atoms with E-state index in [9.17, 15) is 4.79 Å². The number of Topliss-reactive ketones (excluding diaryl/α,β-unsaturated/α-hetero) is 1. The van der Waals surface area contributed by atoms with Crippen molar-refractivity contribution in [2.45, 2.75) is 6.42 Å². The summed E-state index contributed by atoms with van der Waals surface area (Å²) in [6, 6.07) is 3.19. The van der Waals surface area contributed by atoms with Gasteiger partial charge in [-0.2, -0.15) is 10.5 Å². The molecule has 58 valence electrons. The number of rotatable bonds is 4. The van der Waals surface area contributed by atoms with Crippen molar-refractivity contribution in [3.63, 3.8) is 0 Å². The zero-order valence-electron chi connectivity index (χ0n) is 6.20. The number of nitriles is 2. The largest absolute Gasteiger partial charge is 0.384 e. The van der Waals surface area contributed by atoms with E-state index in [0.29, 0.717) is 0 Å². The van der Waals surface area contributed by atoms with Crippen molar-refractivity contribution < 1.29 is 9.53 Å². The topological polar surface area (TPSA) is 73.9 Å². The van der Waals surface area contributed by atoms with Gasteiger partial charge in [-0.15, -0.1) is 0 Å². The van der Waals surface area contributed by atoms with E-state index in [1.165, 1.54) is 7.11 Å². The molecule has 0 radical (unpaired) electrons. The van der Waals surface area contributed by atoms with Crippen molar-refractivity contribution in [3.8, 4) is 12.1 Å². The van der Waals surface area contributed by atoms with E-state index in [1.807, 2.05) is 0 Å². The Morgan fingerprint density at radius 3 is 2.45 bits per heavy atom. The Balaban J connectivity index is 3.85. The molecular formula is C7H8N2O2. The molecule has 4 nitrogen and oxygen atoms in total.